The van der Waals surface area contributed by atoms with Gasteiger partial charge in [-0.15, -0.1) is 11.3 Å². The number of thioether (sulfide) groups is 1. The molecule has 2 rings (SSSR count). The number of aryl methyl sites for hydroxylation is 1. The molecular weight excluding hydrogens is 288 g/mol. The number of thiophene rings is 1. The van der Waals surface area contributed by atoms with Gasteiger partial charge in [-0.2, -0.15) is 16.7 Å². The third-order valence-electron chi connectivity index (χ3n) is 3.10. The molecule has 0 bridgehead atoms. The molecule has 0 aliphatic rings. The van der Waals surface area contributed by atoms with E-state index < -0.39 is 0 Å². The molecule has 110 valence electrons. The van der Waals surface area contributed by atoms with E-state index in [2.05, 4.69) is 34.5 Å². The molecule has 4 nitrogen and oxygen atoms in total. The molecule has 0 saturated heterocycles. The van der Waals surface area contributed by atoms with Gasteiger partial charge >= 0.3 is 0 Å². The van der Waals surface area contributed by atoms with Gasteiger partial charge < -0.3 is 11.1 Å². The van der Waals surface area contributed by atoms with Crippen molar-refractivity contribution in [1.29, 1.82) is 0 Å². The number of nitrogens with zero attached hydrogens (tertiary/aromatic N) is 2. The normalized spacial score (nSPS) is 11.1. The maximum atomic E-state index is 5.76. The Balaban J connectivity index is 1.86. The number of rotatable bonds is 8. The van der Waals surface area contributed by atoms with Crippen LogP contribution in [0.5, 0.6) is 0 Å². The van der Waals surface area contributed by atoms with Crippen LogP contribution in [0.15, 0.2) is 6.07 Å². The quantitative estimate of drug-likeness (QED) is 0.724. The summed E-state index contributed by atoms with van der Waals surface area (Å²) in [6.45, 7) is 3.03. The summed E-state index contributed by atoms with van der Waals surface area (Å²) in [6, 6.07) is 2.13. The molecule has 0 fully saturated rings. The fourth-order valence-corrected chi connectivity index (χ4v) is 3.50. The molecule has 0 spiro atoms. The highest BCUT2D eigenvalue weighted by Crippen LogP contribution is 2.28. The van der Waals surface area contributed by atoms with E-state index in [9.17, 15) is 0 Å². The molecule has 2 aromatic rings. The summed E-state index contributed by atoms with van der Waals surface area (Å²) in [7, 11) is 0. The Morgan fingerprint density at radius 2 is 2.05 bits per heavy atom. The van der Waals surface area contributed by atoms with Gasteiger partial charge in [-0.25, -0.2) is 4.98 Å². The van der Waals surface area contributed by atoms with E-state index in [1.54, 1.807) is 11.3 Å². The third kappa shape index (κ3) is 4.24. The highest BCUT2D eigenvalue weighted by atomic mass is 32.2. The summed E-state index contributed by atoms with van der Waals surface area (Å²) >= 11 is 3.58. The first kappa shape index (κ1) is 15.4. The molecule has 0 atom stereocenters. The van der Waals surface area contributed by atoms with Crippen LogP contribution in [0.1, 0.15) is 30.6 Å². The molecule has 0 radical (unpaired) electrons. The molecule has 0 aliphatic heterocycles. The van der Waals surface area contributed by atoms with Crippen molar-refractivity contribution in [2.75, 3.05) is 29.6 Å². The van der Waals surface area contributed by atoms with Crippen molar-refractivity contribution in [2.24, 2.45) is 0 Å². The monoisotopic (exact) mass is 310 g/mol. The minimum atomic E-state index is 0.349. The number of nitrogens with two attached hydrogens (primary N) is 1. The lowest BCUT2D eigenvalue weighted by atomic mass is 10.2. The largest absolute Gasteiger partial charge is 0.369 e. The van der Waals surface area contributed by atoms with E-state index in [1.807, 2.05) is 11.8 Å². The number of hydrogen-bond acceptors (Lipinski definition) is 6. The van der Waals surface area contributed by atoms with Crippen LogP contribution in [0.3, 0.4) is 0 Å². The number of hydrogen-bond donors (Lipinski definition) is 2. The SMILES string of the molecule is CSCCCCCCNc1nc(N)nc2sc(C)cc12. The molecule has 0 aromatic carbocycles. The van der Waals surface area contributed by atoms with E-state index in [0.29, 0.717) is 5.95 Å². The molecule has 2 heterocycles. The maximum Gasteiger partial charge on any atom is 0.223 e. The Bertz CT molecular complexity index is 553. The second-order valence-corrected chi connectivity index (χ2v) is 7.06. The second kappa shape index (κ2) is 7.69. The number of anilines is 2. The summed E-state index contributed by atoms with van der Waals surface area (Å²) < 4.78 is 0. The van der Waals surface area contributed by atoms with Gasteiger partial charge in [-0.3, -0.25) is 0 Å². The van der Waals surface area contributed by atoms with E-state index in [-0.39, 0.29) is 0 Å². The fraction of sp³-hybridized carbons (Fsp3) is 0.571. The number of nitrogens with one attached hydrogen (secondary N) is 1. The predicted octanol–water partition coefficient (Wildman–Crippen LogP) is 3.92. The van der Waals surface area contributed by atoms with Crippen molar-refractivity contribution in [3.8, 4) is 0 Å². The van der Waals surface area contributed by atoms with Crippen LogP contribution in [-0.2, 0) is 0 Å². The lowest BCUT2D eigenvalue weighted by Gasteiger charge is -2.07. The highest BCUT2D eigenvalue weighted by Gasteiger charge is 2.08. The van der Waals surface area contributed by atoms with E-state index in [4.69, 9.17) is 5.73 Å². The standard InChI is InChI=1S/C14H22N4S2/c1-10-9-11-12(17-14(15)18-13(11)20-10)16-7-5-3-4-6-8-19-2/h9H,3-8H2,1-2H3,(H3,15,16,17,18). The highest BCUT2D eigenvalue weighted by molar-refractivity contribution is 7.98. The Hall–Kier alpha value is -1.01. The Labute approximate surface area is 128 Å². The summed E-state index contributed by atoms with van der Waals surface area (Å²) in [4.78, 5) is 10.8. The van der Waals surface area contributed by atoms with Crippen LogP contribution < -0.4 is 11.1 Å². The maximum absolute atomic E-state index is 5.76. The molecule has 3 N–H and O–H groups in total. The first-order valence-corrected chi connectivity index (χ1v) is 9.18. The van der Waals surface area contributed by atoms with E-state index >= 15 is 0 Å². The average molecular weight is 310 g/mol. The Morgan fingerprint density at radius 3 is 2.85 bits per heavy atom. The van der Waals surface area contributed by atoms with Crippen LogP contribution in [0.2, 0.25) is 0 Å². The Morgan fingerprint density at radius 1 is 1.25 bits per heavy atom. The molecule has 0 amide bonds. The van der Waals surface area contributed by atoms with Crippen molar-refractivity contribution in [2.45, 2.75) is 32.6 Å². The summed E-state index contributed by atoms with van der Waals surface area (Å²) in [5, 5.41) is 4.49. The van der Waals surface area contributed by atoms with E-state index in [0.717, 1.165) is 22.6 Å². The molecule has 20 heavy (non-hydrogen) atoms. The first-order valence-electron chi connectivity index (χ1n) is 6.97. The van der Waals surface area contributed by atoms with Gasteiger partial charge in [0.25, 0.3) is 0 Å². The minimum Gasteiger partial charge on any atom is -0.369 e. The molecule has 0 saturated carbocycles. The van der Waals surface area contributed by atoms with Crippen LogP contribution in [0, 0.1) is 6.92 Å². The lowest BCUT2D eigenvalue weighted by molar-refractivity contribution is 0.688. The predicted molar refractivity (Wildman–Crippen MR) is 91.9 cm³/mol. The third-order valence-corrected chi connectivity index (χ3v) is 4.74. The van der Waals surface area contributed by atoms with Crippen molar-refractivity contribution in [3.05, 3.63) is 10.9 Å². The second-order valence-electron chi connectivity index (χ2n) is 4.84. The van der Waals surface area contributed by atoms with Crippen molar-refractivity contribution in [3.63, 3.8) is 0 Å². The van der Waals surface area contributed by atoms with Crippen LogP contribution >= 0.6 is 23.1 Å². The summed E-state index contributed by atoms with van der Waals surface area (Å²) in [5.41, 5.74) is 5.76. The zero-order valence-electron chi connectivity index (χ0n) is 12.1. The first-order chi connectivity index (χ1) is 9.70. The Kier molecular flexibility index (Phi) is 5.91. The minimum absolute atomic E-state index is 0.349. The van der Waals surface area contributed by atoms with Gasteiger partial charge in [-0.05, 0) is 37.8 Å². The number of nitrogen functional groups attached to an aromatic ring is 1. The average Bonchev–Trinajstić information content (AvgIpc) is 2.77. The molecule has 0 aliphatic carbocycles. The van der Waals surface area contributed by atoms with E-state index in [1.165, 1.54) is 36.3 Å². The summed E-state index contributed by atoms with van der Waals surface area (Å²) in [5.74, 6) is 2.49. The van der Waals surface area contributed by atoms with Gasteiger partial charge in [-0.1, -0.05) is 12.8 Å². The van der Waals surface area contributed by atoms with Gasteiger partial charge in [0.05, 0.1) is 5.39 Å². The summed E-state index contributed by atoms with van der Waals surface area (Å²) in [6.07, 6.45) is 7.22. The van der Waals surface area contributed by atoms with Crippen LogP contribution in [-0.4, -0.2) is 28.5 Å². The lowest BCUT2D eigenvalue weighted by Crippen LogP contribution is -2.06. The van der Waals surface area contributed by atoms with Crippen molar-refractivity contribution < 1.29 is 0 Å². The van der Waals surface area contributed by atoms with Gasteiger partial charge in [0, 0.05) is 11.4 Å². The van der Waals surface area contributed by atoms with Crippen molar-refractivity contribution in [1.82, 2.24) is 9.97 Å². The zero-order chi connectivity index (χ0) is 14.4. The zero-order valence-corrected chi connectivity index (χ0v) is 13.7. The van der Waals surface area contributed by atoms with Gasteiger partial charge in [0.2, 0.25) is 5.95 Å². The molecule has 6 heteroatoms. The molecule has 2 aromatic heterocycles. The van der Waals surface area contributed by atoms with Crippen LogP contribution in [0.25, 0.3) is 10.2 Å². The molecular formula is C14H22N4S2. The topological polar surface area (TPSA) is 63.8 Å². The molecule has 0 unspecified atom stereocenters. The fourth-order valence-electron chi connectivity index (χ4n) is 2.12. The number of unbranched alkanes of at least 4 members (excludes halogenated alkanes) is 3. The van der Waals surface area contributed by atoms with Gasteiger partial charge in [0.15, 0.2) is 0 Å². The van der Waals surface area contributed by atoms with Gasteiger partial charge in [0.1, 0.15) is 10.6 Å². The van der Waals surface area contributed by atoms with Crippen molar-refractivity contribution >= 4 is 45.1 Å². The number of fused-ring (bicyclic) bond motifs is 1. The number of aromatic nitrogens is 2. The van der Waals surface area contributed by atoms with Crippen LogP contribution in [0.4, 0.5) is 11.8 Å². The smallest absolute Gasteiger partial charge is 0.223 e.